The predicted molar refractivity (Wildman–Crippen MR) is 36.1 cm³/mol. The van der Waals surface area contributed by atoms with E-state index in [1.165, 1.54) is 0 Å². The fraction of sp³-hybridized carbons (Fsp3) is 0.750. The molecule has 0 bridgehead atoms. The molecule has 0 spiro atoms. The molecule has 2 atom stereocenters. The molecule has 0 rings (SSSR count). The van der Waals surface area contributed by atoms with Crippen LogP contribution in [0, 0.1) is 0 Å². The summed E-state index contributed by atoms with van der Waals surface area (Å²) in [6, 6.07) is 0. The number of aliphatic hydroxyl groups excluding tert-OH is 2. The van der Waals surface area contributed by atoms with Gasteiger partial charge in [-0.1, -0.05) is 0 Å². The lowest BCUT2D eigenvalue weighted by molar-refractivity contribution is -0.121. The molecule has 8 heteroatoms. The highest BCUT2D eigenvalue weighted by atomic mass is 31.2. The van der Waals surface area contributed by atoms with E-state index in [0.29, 0.717) is 0 Å². The number of carbonyl (C=O) groups is 1. The lowest BCUT2D eigenvalue weighted by Gasteiger charge is -2.15. The van der Waals surface area contributed by atoms with E-state index in [1.54, 1.807) is 0 Å². The van der Waals surface area contributed by atoms with E-state index in [-0.39, 0.29) is 6.29 Å². The van der Waals surface area contributed by atoms with Crippen LogP contribution < -0.4 is 0 Å². The van der Waals surface area contributed by atoms with Gasteiger partial charge < -0.3 is 24.8 Å². The van der Waals surface area contributed by atoms with Gasteiger partial charge in [-0.3, -0.25) is 4.52 Å². The molecule has 0 unspecified atom stereocenters. The maximum absolute atomic E-state index is 10.1. The minimum atomic E-state index is -4.81. The van der Waals surface area contributed by atoms with Gasteiger partial charge in [-0.2, -0.15) is 0 Å². The first-order valence-corrected chi connectivity index (χ1v) is 4.42. The molecule has 72 valence electrons. The van der Waals surface area contributed by atoms with Crippen LogP contribution in [0.4, 0.5) is 0 Å². The molecular formula is C4H9O7P. The number of aliphatic hydroxyl groups is 2. The van der Waals surface area contributed by atoms with Crippen LogP contribution >= 0.6 is 7.82 Å². The summed E-state index contributed by atoms with van der Waals surface area (Å²) < 4.78 is 14.0. The average molecular weight is 200 g/mol. The van der Waals surface area contributed by atoms with Crippen molar-refractivity contribution in [1.82, 2.24) is 0 Å². The Bertz CT molecular complexity index is 186. The van der Waals surface area contributed by atoms with Crippen molar-refractivity contribution in [2.75, 3.05) is 6.61 Å². The molecule has 0 aromatic rings. The molecule has 0 fully saturated rings. The summed E-state index contributed by atoms with van der Waals surface area (Å²) in [7, 11) is -4.81. The maximum atomic E-state index is 10.1. The van der Waals surface area contributed by atoms with Crippen LogP contribution in [0.25, 0.3) is 0 Å². The Morgan fingerprint density at radius 3 is 2.25 bits per heavy atom. The van der Waals surface area contributed by atoms with E-state index in [9.17, 15) is 9.36 Å². The van der Waals surface area contributed by atoms with Crippen LogP contribution in [-0.4, -0.2) is 45.1 Å². The SMILES string of the molecule is O=C[C@H](OP(=O)(O)O)[C@H](O)CO. The molecule has 0 aliphatic heterocycles. The van der Waals surface area contributed by atoms with Gasteiger partial charge in [0.2, 0.25) is 0 Å². The van der Waals surface area contributed by atoms with E-state index < -0.39 is 26.6 Å². The monoisotopic (exact) mass is 200 g/mol. The zero-order valence-electron chi connectivity index (χ0n) is 5.90. The van der Waals surface area contributed by atoms with Crippen molar-refractivity contribution in [2.24, 2.45) is 0 Å². The zero-order chi connectivity index (χ0) is 9.78. The molecule has 0 aliphatic carbocycles. The third-order valence-electron chi connectivity index (χ3n) is 0.959. The largest absolute Gasteiger partial charge is 0.470 e. The van der Waals surface area contributed by atoms with Crippen LogP contribution in [-0.2, 0) is 13.9 Å². The van der Waals surface area contributed by atoms with Gasteiger partial charge in [0.05, 0.1) is 6.61 Å². The summed E-state index contributed by atoms with van der Waals surface area (Å²) in [6.07, 6.45) is -3.34. The minimum Gasteiger partial charge on any atom is -0.394 e. The summed E-state index contributed by atoms with van der Waals surface area (Å²) >= 11 is 0. The normalized spacial score (nSPS) is 17.0. The Kier molecular flexibility index (Phi) is 4.54. The molecule has 0 amide bonds. The van der Waals surface area contributed by atoms with E-state index >= 15 is 0 Å². The molecule has 0 radical (unpaired) electrons. The Hall–Kier alpha value is -0.300. The molecule has 0 aromatic heterocycles. The van der Waals surface area contributed by atoms with Gasteiger partial charge in [0.25, 0.3) is 0 Å². The van der Waals surface area contributed by atoms with Crippen LogP contribution in [0.5, 0.6) is 0 Å². The van der Waals surface area contributed by atoms with Gasteiger partial charge in [0, 0.05) is 0 Å². The van der Waals surface area contributed by atoms with E-state index in [1.807, 2.05) is 0 Å². The Balaban J connectivity index is 4.18. The maximum Gasteiger partial charge on any atom is 0.470 e. The molecule has 12 heavy (non-hydrogen) atoms. The van der Waals surface area contributed by atoms with Crippen LogP contribution in [0.3, 0.4) is 0 Å². The summed E-state index contributed by atoms with van der Waals surface area (Å²) in [5.74, 6) is 0. The number of hydrogen-bond donors (Lipinski definition) is 4. The van der Waals surface area contributed by atoms with E-state index in [4.69, 9.17) is 20.0 Å². The molecule has 0 saturated heterocycles. The van der Waals surface area contributed by atoms with Crippen molar-refractivity contribution in [3.05, 3.63) is 0 Å². The first-order valence-electron chi connectivity index (χ1n) is 2.89. The number of carbonyl (C=O) groups excluding carboxylic acids is 1. The standard InChI is InChI=1S/C4H9O7P/c5-1-3(7)4(2-6)11-12(8,9)10/h2-5,7H,1H2,(H2,8,9,10)/t3-,4+/m1/s1. The number of rotatable bonds is 5. The van der Waals surface area contributed by atoms with Gasteiger partial charge in [-0.15, -0.1) is 0 Å². The minimum absolute atomic E-state index is 0.0000231. The lowest BCUT2D eigenvalue weighted by atomic mass is 10.2. The molecule has 7 nitrogen and oxygen atoms in total. The summed E-state index contributed by atoms with van der Waals surface area (Å²) in [6.45, 7) is -0.816. The molecule has 0 aromatic carbocycles. The molecule has 0 heterocycles. The van der Waals surface area contributed by atoms with Crippen molar-refractivity contribution >= 4 is 14.1 Å². The highest BCUT2D eigenvalue weighted by Gasteiger charge is 2.27. The molecule has 0 aliphatic rings. The Morgan fingerprint density at radius 2 is 2.00 bits per heavy atom. The number of aldehydes is 1. The van der Waals surface area contributed by atoms with Crippen LogP contribution in [0.2, 0.25) is 0 Å². The van der Waals surface area contributed by atoms with Crippen molar-refractivity contribution < 1.29 is 33.9 Å². The summed E-state index contributed by atoms with van der Waals surface area (Å²) in [5.41, 5.74) is 0. The Labute approximate surface area is 67.8 Å². The van der Waals surface area contributed by atoms with Gasteiger partial charge in [-0.25, -0.2) is 4.57 Å². The summed E-state index contributed by atoms with van der Waals surface area (Å²) in [5, 5.41) is 17.0. The van der Waals surface area contributed by atoms with Gasteiger partial charge >= 0.3 is 7.82 Å². The van der Waals surface area contributed by atoms with Crippen molar-refractivity contribution in [3.63, 3.8) is 0 Å². The fourth-order valence-corrected chi connectivity index (χ4v) is 0.956. The van der Waals surface area contributed by atoms with E-state index in [0.717, 1.165) is 0 Å². The lowest BCUT2D eigenvalue weighted by Crippen LogP contribution is -2.32. The quantitative estimate of drug-likeness (QED) is 0.299. The van der Waals surface area contributed by atoms with Crippen molar-refractivity contribution in [2.45, 2.75) is 12.2 Å². The fourth-order valence-electron chi connectivity index (χ4n) is 0.448. The van der Waals surface area contributed by atoms with Gasteiger partial charge in [0.1, 0.15) is 6.10 Å². The van der Waals surface area contributed by atoms with E-state index in [2.05, 4.69) is 4.52 Å². The zero-order valence-corrected chi connectivity index (χ0v) is 6.79. The highest BCUT2D eigenvalue weighted by molar-refractivity contribution is 7.46. The van der Waals surface area contributed by atoms with Crippen molar-refractivity contribution in [3.8, 4) is 0 Å². The second-order valence-electron chi connectivity index (χ2n) is 1.95. The second kappa shape index (κ2) is 4.66. The number of phosphoric acid groups is 1. The first kappa shape index (κ1) is 11.7. The molecular weight excluding hydrogens is 191 g/mol. The Morgan fingerprint density at radius 1 is 1.50 bits per heavy atom. The average Bonchev–Trinajstić information content (AvgIpc) is 1.97. The molecule has 4 N–H and O–H groups in total. The van der Waals surface area contributed by atoms with Gasteiger partial charge in [0.15, 0.2) is 12.4 Å². The first-order chi connectivity index (χ1) is 5.40. The van der Waals surface area contributed by atoms with Crippen LogP contribution in [0.15, 0.2) is 0 Å². The predicted octanol–water partition coefficient (Wildman–Crippen LogP) is -1.98. The van der Waals surface area contributed by atoms with Gasteiger partial charge in [-0.05, 0) is 0 Å². The summed E-state index contributed by atoms with van der Waals surface area (Å²) in [4.78, 5) is 26.4. The number of phosphoric ester groups is 1. The van der Waals surface area contributed by atoms with Crippen LogP contribution in [0.1, 0.15) is 0 Å². The smallest absolute Gasteiger partial charge is 0.394 e. The highest BCUT2D eigenvalue weighted by Crippen LogP contribution is 2.37. The third-order valence-corrected chi connectivity index (χ3v) is 1.48. The topological polar surface area (TPSA) is 124 Å². The molecule has 0 saturated carbocycles. The third kappa shape index (κ3) is 4.55. The number of hydrogen-bond acceptors (Lipinski definition) is 5. The second-order valence-corrected chi connectivity index (χ2v) is 3.14. The van der Waals surface area contributed by atoms with Crippen molar-refractivity contribution in [1.29, 1.82) is 0 Å².